The minimum Gasteiger partial charge on any atom is -0.390 e. The molecule has 3 nitrogen and oxygen atoms in total. The maximum Gasteiger partial charge on any atom is 0.0970 e. The minimum atomic E-state index is -0.671. The van der Waals surface area contributed by atoms with Gasteiger partial charge in [0.25, 0.3) is 0 Å². The van der Waals surface area contributed by atoms with Gasteiger partial charge in [0.15, 0.2) is 0 Å². The number of rotatable bonds is 6. The van der Waals surface area contributed by atoms with Crippen molar-refractivity contribution in [1.82, 2.24) is 0 Å². The molecule has 0 spiro atoms. The summed E-state index contributed by atoms with van der Waals surface area (Å²) in [6.45, 7) is 15.0. The highest BCUT2D eigenvalue weighted by Gasteiger charge is 2.50. The second-order valence-electron chi connectivity index (χ2n) is 11.3. The average Bonchev–Trinajstić information content (AvgIpc) is 3.08. The maximum absolute atomic E-state index is 10.3. The number of aliphatic hydroxyl groups is 1. The van der Waals surface area contributed by atoms with E-state index in [1.165, 1.54) is 43.3 Å². The van der Waals surface area contributed by atoms with Gasteiger partial charge < -0.3 is 5.11 Å². The lowest BCUT2D eigenvalue weighted by Gasteiger charge is -2.44. The van der Waals surface area contributed by atoms with E-state index in [2.05, 4.69) is 56.5 Å². The van der Waals surface area contributed by atoms with Crippen LogP contribution >= 0.6 is 0 Å². The summed E-state index contributed by atoms with van der Waals surface area (Å²) in [6.07, 6.45) is 18.0. The minimum absolute atomic E-state index is 0.0958. The van der Waals surface area contributed by atoms with Gasteiger partial charge in [0.2, 0.25) is 0 Å². The van der Waals surface area contributed by atoms with Crippen molar-refractivity contribution in [3.8, 4) is 0 Å². The van der Waals surface area contributed by atoms with Gasteiger partial charge in [0, 0.05) is 12.3 Å². The second-order valence-corrected chi connectivity index (χ2v) is 11.3. The van der Waals surface area contributed by atoms with Crippen LogP contribution in [0.15, 0.2) is 47.6 Å². The number of fused-ring (bicyclic) bond motifs is 1. The van der Waals surface area contributed by atoms with E-state index in [9.17, 15) is 5.11 Å². The lowest BCUT2D eigenvalue weighted by molar-refractivity contribution is -0.280. The summed E-state index contributed by atoms with van der Waals surface area (Å²) < 4.78 is 0. The lowest BCUT2D eigenvalue weighted by Crippen LogP contribution is -2.35. The van der Waals surface area contributed by atoms with E-state index in [0.29, 0.717) is 23.2 Å². The van der Waals surface area contributed by atoms with Gasteiger partial charge in [-0.3, -0.25) is 5.26 Å². The fraction of sp³-hybridized carbons (Fsp3) is 0.714. The van der Waals surface area contributed by atoms with Crippen LogP contribution in [0.3, 0.4) is 0 Å². The zero-order valence-corrected chi connectivity index (χ0v) is 20.4. The van der Waals surface area contributed by atoms with Gasteiger partial charge in [0.05, 0.1) is 11.7 Å². The molecule has 0 aromatic heterocycles. The molecule has 0 radical (unpaired) electrons. The normalized spacial score (nSPS) is 36.9. The molecule has 0 aromatic carbocycles. The van der Waals surface area contributed by atoms with Crippen LogP contribution in [-0.4, -0.2) is 22.1 Å². The first kappa shape index (κ1) is 24.5. The Labute approximate surface area is 189 Å². The highest BCUT2D eigenvalue weighted by molar-refractivity contribution is 5.36. The molecule has 3 rings (SSSR count). The Hall–Kier alpha value is -1.16. The van der Waals surface area contributed by atoms with Crippen molar-refractivity contribution in [2.45, 2.75) is 97.7 Å². The van der Waals surface area contributed by atoms with Crippen LogP contribution in [0.25, 0.3) is 0 Å². The van der Waals surface area contributed by atoms with Crippen molar-refractivity contribution in [2.75, 3.05) is 0 Å². The Bertz CT molecular complexity index is 738. The molecular formula is C28H44O3. The molecule has 2 N–H and O–H groups in total. The first-order valence-electron chi connectivity index (χ1n) is 12.3. The highest BCUT2D eigenvalue weighted by atomic mass is 17.1. The second kappa shape index (κ2) is 9.77. The van der Waals surface area contributed by atoms with Crippen LogP contribution < -0.4 is 0 Å². The fourth-order valence-electron chi connectivity index (χ4n) is 6.33. The summed E-state index contributed by atoms with van der Waals surface area (Å²) in [5.74, 6) is 2.03. The van der Waals surface area contributed by atoms with Gasteiger partial charge in [-0.2, -0.15) is 0 Å². The first-order valence-corrected chi connectivity index (χ1v) is 12.3. The molecule has 3 saturated carbocycles. The summed E-state index contributed by atoms with van der Waals surface area (Å²) in [5.41, 5.74) is 3.70. The maximum atomic E-state index is 10.3. The van der Waals surface area contributed by atoms with Crippen LogP contribution in [0.4, 0.5) is 0 Å². The third-order valence-electron chi connectivity index (χ3n) is 8.81. The molecule has 0 unspecified atom stereocenters. The van der Waals surface area contributed by atoms with E-state index in [-0.39, 0.29) is 12.0 Å². The average molecular weight is 429 g/mol. The van der Waals surface area contributed by atoms with Crippen molar-refractivity contribution in [3.63, 3.8) is 0 Å². The molecular weight excluding hydrogens is 384 g/mol. The monoisotopic (exact) mass is 428 g/mol. The third kappa shape index (κ3) is 5.43. The quantitative estimate of drug-likeness (QED) is 0.266. The van der Waals surface area contributed by atoms with Crippen molar-refractivity contribution >= 4 is 0 Å². The first-order chi connectivity index (χ1) is 14.6. The fourth-order valence-corrected chi connectivity index (χ4v) is 6.33. The molecule has 0 saturated heterocycles. The Morgan fingerprint density at radius 2 is 1.87 bits per heavy atom. The third-order valence-corrected chi connectivity index (χ3v) is 8.81. The van der Waals surface area contributed by atoms with Crippen LogP contribution in [0, 0.1) is 29.1 Å². The highest BCUT2D eigenvalue weighted by Crippen LogP contribution is 2.59. The molecule has 6 atom stereocenters. The number of hydrogen-bond donors (Lipinski definition) is 2. The Balaban J connectivity index is 1.75. The van der Waals surface area contributed by atoms with Gasteiger partial charge in [-0.15, -0.1) is 0 Å². The molecule has 0 bridgehead atoms. The molecule has 3 aliphatic carbocycles. The van der Waals surface area contributed by atoms with Crippen molar-refractivity contribution < 1.29 is 15.3 Å². The Kier molecular flexibility index (Phi) is 7.71. The number of allylic oxidation sites excluding steroid dienone is 5. The van der Waals surface area contributed by atoms with Gasteiger partial charge in [-0.1, -0.05) is 62.8 Å². The molecule has 0 aromatic rings. The van der Waals surface area contributed by atoms with Crippen LogP contribution in [0.5, 0.6) is 0 Å². The smallest absolute Gasteiger partial charge is 0.0970 e. The number of hydrogen-bond acceptors (Lipinski definition) is 3. The zero-order valence-electron chi connectivity index (χ0n) is 20.4. The van der Waals surface area contributed by atoms with E-state index in [4.69, 9.17) is 5.26 Å². The SMILES string of the molecule is C=C1CC[C@H](OO)C/C1=C\C=C1/CCC[C@]2(C)[C@@H]([C@H](C)/C=C/[C@@H](C)C(C)(C)O)CC[C@@H]12. The van der Waals surface area contributed by atoms with Crippen LogP contribution in [0.1, 0.15) is 86.0 Å². The van der Waals surface area contributed by atoms with E-state index >= 15 is 0 Å². The van der Waals surface area contributed by atoms with E-state index in [1.807, 2.05) is 13.8 Å². The predicted octanol–water partition coefficient (Wildman–Crippen LogP) is 7.25. The standard InChI is InChI=1S/C28H44O3/c1-19-10-14-24(31-30)18-23(19)13-12-22-8-7-17-28(6)25(15-16-26(22)28)20(2)9-11-21(3)27(4,5)29/h9,11-13,20-21,24-26,29-30H,1,7-8,10,14-18H2,2-6H3/b11-9+,22-12+,23-13+/t20-,21-,24+,25-,26+,28-/m1/s1. The molecule has 174 valence electrons. The van der Waals surface area contributed by atoms with Crippen molar-refractivity contribution in [3.05, 3.63) is 47.6 Å². The Morgan fingerprint density at radius 3 is 2.55 bits per heavy atom. The molecule has 3 aliphatic rings. The lowest BCUT2D eigenvalue weighted by atomic mass is 9.61. The molecule has 31 heavy (non-hydrogen) atoms. The largest absolute Gasteiger partial charge is 0.390 e. The van der Waals surface area contributed by atoms with Crippen LogP contribution in [-0.2, 0) is 4.89 Å². The summed E-state index contributed by atoms with van der Waals surface area (Å²) in [4.78, 5) is 4.62. The van der Waals surface area contributed by atoms with Crippen molar-refractivity contribution in [2.24, 2.45) is 29.1 Å². The van der Waals surface area contributed by atoms with E-state index in [1.54, 1.807) is 5.57 Å². The summed E-state index contributed by atoms with van der Waals surface area (Å²) in [5, 5.41) is 19.3. The van der Waals surface area contributed by atoms with E-state index in [0.717, 1.165) is 19.3 Å². The topological polar surface area (TPSA) is 49.7 Å². The molecule has 0 amide bonds. The predicted molar refractivity (Wildman–Crippen MR) is 129 cm³/mol. The van der Waals surface area contributed by atoms with Crippen LogP contribution in [0.2, 0.25) is 0 Å². The van der Waals surface area contributed by atoms with E-state index < -0.39 is 5.60 Å². The molecule has 3 heteroatoms. The molecule has 0 heterocycles. The summed E-state index contributed by atoms with van der Waals surface area (Å²) in [6, 6.07) is 0. The summed E-state index contributed by atoms with van der Waals surface area (Å²) in [7, 11) is 0. The molecule has 0 aliphatic heterocycles. The summed E-state index contributed by atoms with van der Waals surface area (Å²) >= 11 is 0. The Morgan fingerprint density at radius 1 is 1.13 bits per heavy atom. The molecule has 3 fully saturated rings. The van der Waals surface area contributed by atoms with Gasteiger partial charge >= 0.3 is 0 Å². The van der Waals surface area contributed by atoms with Gasteiger partial charge in [-0.25, -0.2) is 4.89 Å². The van der Waals surface area contributed by atoms with Gasteiger partial charge in [0.1, 0.15) is 0 Å². The van der Waals surface area contributed by atoms with Gasteiger partial charge in [-0.05, 0) is 87.5 Å². The van der Waals surface area contributed by atoms with Crippen molar-refractivity contribution in [1.29, 1.82) is 0 Å². The zero-order chi connectivity index (χ0) is 22.8.